The second kappa shape index (κ2) is 2.49. The van der Waals surface area contributed by atoms with E-state index in [-0.39, 0.29) is 0 Å². The van der Waals surface area contributed by atoms with Crippen LogP contribution in [0.1, 0.15) is 0 Å². The van der Waals surface area contributed by atoms with Crippen molar-refractivity contribution in [2.24, 2.45) is 0 Å². The van der Waals surface area contributed by atoms with E-state index in [0.717, 1.165) is 0 Å². The van der Waals surface area contributed by atoms with Gasteiger partial charge in [0.1, 0.15) is 5.56 Å². The Morgan fingerprint density at radius 1 is 2.00 bits per heavy atom. The Morgan fingerprint density at radius 3 is 2.20 bits per heavy atom. The summed E-state index contributed by atoms with van der Waals surface area (Å²) < 4.78 is 4.40. The van der Waals surface area contributed by atoms with Gasteiger partial charge in [0.25, 0.3) is 0 Å². The summed E-state index contributed by atoms with van der Waals surface area (Å²) in [6, 6.07) is 0. The van der Waals surface area contributed by atoms with Crippen molar-refractivity contribution in [3.63, 3.8) is 0 Å². The van der Waals surface area contributed by atoms with Crippen molar-refractivity contribution in [3.05, 3.63) is 6.92 Å². The third-order valence-electron chi connectivity index (χ3n) is 0.256. The summed E-state index contributed by atoms with van der Waals surface area (Å²) in [4.78, 5) is 0. The number of hydrogen-bond acceptors (Lipinski definition) is 1. The maximum Gasteiger partial charge on any atom is 0.130 e. The maximum absolute atomic E-state index is 5.13. The number of rotatable bonds is 1. The SMILES string of the molecule is [CH2]C(Cl)OC. The molecule has 1 nitrogen and oxygen atoms in total. The van der Waals surface area contributed by atoms with E-state index in [9.17, 15) is 0 Å². The summed E-state index contributed by atoms with van der Waals surface area (Å²) in [5.74, 6) is 0. The predicted molar refractivity (Wildman–Crippen MR) is 22.0 cm³/mol. The standard InChI is InChI=1S/C3H6ClO/c1-3(4)5-2/h3H,1H2,2H3. The van der Waals surface area contributed by atoms with E-state index >= 15 is 0 Å². The molecule has 0 aliphatic heterocycles. The summed E-state index contributed by atoms with van der Waals surface area (Å²) in [6.45, 7) is 3.30. The van der Waals surface area contributed by atoms with E-state index in [1.807, 2.05) is 0 Å². The van der Waals surface area contributed by atoms with Gasteiger partial charge in [-0.3, -0.25) is 0 Å². The van der Waals surface area contributed by atoms with Gasteiger partial charge in [0.05, 0.1) is 0 Å². The molecule has 0 saturated carbocycles. The first-order chi connectivity index (χ1) is 2.27. The molecule has 0 aromatic heterocycles. The van der Waals surface area contributed by atoms with Gasteiger partial charge in [0.2, 0.25) is 0 Å². The molecule has 2 heteroatoms. The molecule has 31 valence electrons. The minimum atomic E-state index is -0.394. The molecule has 0 aliphatic rings. The fourth-order valence-corrected chi connectivity index (χ4v) is 0. The largest absolute Gasteiger partial charge is 0.366 e. The van der Waals surface area contributed by atoms with Crippen LogP contribution in [0.25, 0.3) is 0 Å². The van der Waals surface area contributed by atoms with Crippen molar-refractivity contribution < 1.29 is 4.74 Å². The molecule has 0 aromatic carbocycles. The predicted octanol–water partition coefficient (Wildman–Crippen LogP) is 1.03. The van der Waals surface area contributed by atoms with Crippen LogP contribution in [0.15, 0.2) is 0 Å². The van der Waals surface area contributed by atoms with E-state index < -0.39 is 5.56 Å². The van der Waals surface area contributed by atoms with Crippen LogP contribution < -0.4 is 0 Å². The van der Waals surface area contributed by atoms with Gasteiger partial charge >= 0.3 is 0 Å². The van der Waals surface area contributed by atoms with Gasteiger partial charge < -0.3 is 4.74 Å². The highest BCUT2D eigenvalue weighted by Gasteiger charge is 1.82. The zero-order valence-electron chi connectivity index (χ0n) is 3.07. The maximum atomic E-state index is 5.13. The number of ether oxygens (including phenoxy) is 1. The average Bonchev–Trinajstić information content (AvgIpc) is 1.38. The zero-order valence-corrected chi connectivity index (χ0v) is 3.83. The minimum absolute atomic E-state index is 0.394. The molecule has 0 saturated heterocycles. The van der Waals surface area contributed by atoms with Crippen LogP contribution in [-0.4, -0.2) is 12.7 Å². The molecule has 5 heavy (non-hydrogen) atoms. The Balaban J connectivity index is 2.54. The number of halogens is 1. The fraction of sp³-hybridized carbons (Fsp3) is 0.667. The van der Waals surface area contributed by atoms with Crippen molar-refractivity contribution in [1.29, 1.82) is 0 Å². The molecule has 0 heterocycles. The highest BCUT2D eigenvalue weighted by atomic mass is 35.5. The monoisotopic (exact) mass is 93.0 g/mol. The van der Waals surface area contributed by atoms with Crippen LogP contribution in [0.4, 0.5) is 0 Å². The van der Waals surface area contributed by atoms with Gasteiger partial charge in [-0.2, -0.15) is 0 Å². The Bertz CT molecular complexity index is 20.9. The van der Waals surface area contributed by atoms with Crippen LogP contribution in [0.3, 0.4) is 0 Å². The van der Waals surface area contributed by atoms with E-state index in [1.54, 1.807) is 0 Å². The number of hydrogen-bond donors (Lipinski definition) is 0. The van der Waals surface area contributed by atoms with E-state index in [4.69, 9.17) is 11.6 Å². The molecular formula is C3H6ClO. The molecule has 1 radical (unpaired) electrons. The van der Waals surface area contributed by atoms with Crippen molar-refractivity contribution in [1.82, 2.24) is 0 Å². The molecule has 0 amide bonds. The molecule has 0 bridgehead atoms. The normalized spacial score (nSPS) is 15.0. The Morgan fingerprint density at radius 2 is 2.20 bits per heavy atom. The van der Waals surface area contributed by atoms with Crippen LogP contribution in [-0.2, 0) is 4.74 Å². The molecule has 0 rings (SSSR count). The summed E-state index contributed by atoms with van der Waals surface area (Å²) in [5.41, 5.74) is -0.394. The first kappa shape index (κ1) is 5.25. The van der Waals surface area contributed by atoms with Crippen LogP contribution >= 0.6 is 11.6 Å². The lowest BCUT2D eigenvalue weighted by Crippen LogP contribution is -1.90. The van der Waals surface area contributed by atoms with Crippen molar-refractivity contribution >= 4 is 11.6 Å². The van der Waals surface area contributed by atoms with Gasteiger partial charge in [0, 0.05) is 7.11 Å². The molecule has 1 unspecified atom stereocenters. The average molecular weight is 93.5 g/mol. The van der Waals surface area contributed by atoms with Gasteiger partial charge in [-0.05, 0) is 6.92 Å². The van der Waals surface area contributed by atoms with E-state index in [1.165, 1.54) is 7.11 Å². The molecule has 1 atom stereocenters. The molecule has 0 N–H and O–H groups in total. The highest BCUT2D eigenvalue weighted by Crippen LogP contribution is 1.88. The van der Waals surface area contributed by atoms with E-state index in [0.29, 0.717) is 0 Å². The third kappa shape index (κ3) is 4.25. The first-order valence-electron chi connectivity index (χ1n) is 1.27. The van der Waals surface area contributed by atoms with Crippen LogP contribution in [0.5, 0.6) is 0 Å². The molecule has 0 spiro atoms. The molecule has 0 fully saturated rings. The Kier molecular flexibility index (Phi) is 2.61. The van der Waals surface area contributed by atoms with Gasteiger partial charge in [-0.15, -0.1) is 0 Å². The summed E-state index contributed by atoms with van der Waals surface area (Å²) in [5, 5.41) is 0. The van der Waals surface area contributed by atoms with E-state index in [2.05, 4.69) is 11.7 Å². The van der Waals surface area contributed by atoms with Crippen LogP contribution in [0, 0.1) is 6.92 Å². The smallest absolute Gasteiger partial charge is 0.130 e. The quantitative estimate of drug-likeness (QED) is 0.440. The lowest BCUT2D eigenvalue weighted by Gasteiger charge is -1.91. The summed E-state index contributed by atoms with van der Waals surface area (Å²) >= 11 is 5.13. The van der Waals surface area contributed by atoms with Crippen molar-refractivity contribution in [2.75, 3.05) is 7.11 Å². The van der Waals surface area contributed by atoms with Crippen LogP contribution in [0.2, 0.25) is 0 Å². The Labute approximate surface area is 36.9 Å². The topological polar surface area (TPSA) is 9.23 Å². The van der Waals surface area contributed by atoms with Gasteiger partial charge in [-0.1, -0.05) is 11.6 Å². The minimum Gasteiger partial charge on any atom is -0.366 e. The van der Waals surface area contributed by atoms with Gasteiger partial charge in [-0.25, -0.2) is 0 Å². The number of alkyl halides is 1. The second-order valence-electron chi connectivity index (χ2n) is 0.646. The van der Waals surface area contributed by atoms with Gasteiger partial charge in [0.15, 0.2) is 0 Å². The lowest BCUT2D eigenvalue weighted by molar-refractivity contribution is 0.200. The zero-order chi connectivity index (χ0) is 4.28. The second-order valence-corrected chi connectivity index (χ2v) is 1.13. The van der Waals surface area contributed by atoms with Crippen molar-refractivity contribution in [2.45, 2.75) is 5.56 Å². The molecule has 0 aliphatic carbocycles. The highest BCUT2D eigenvalue weighted by molar-refractivity contribution is 6.20. The molecule has 0 aromatic rings. The fourth-order valence-electron chi connectivity index (χ4n) is 0. The number of methoxy groups -OCH3 is 1. The third-order valence-corrected chi connectivity index (χ3v) is 0.434. The Hall–Kier alpha value is 0.250. The summed E-state index contributed by atoms with van der Waals surface area (Å²) in [6.07, 6.45) is 0. The van der Waals surface area contributed by atoms with Crippen molar-refractivity contribution in [3.8, 4) is 0 Å². The first-order valence-corrected chi connectivity index (χ1v) is 1.71. The summed E-state index contributed by atoms with van der Waals surface area (Å²) in [7, 11) is 1.50. The molecular weight excluding hydrogens is 87.5 g/mol. The lowest BCUT2D eigenvalue weighted by atomic mass is 10.9.